The quantitative estimate of drug-likeness (QED) is 0.730. The van der Waals surface area contributed by atoms with Crippen LogP contribution in [0.3, 0.4) is 0 Å². The molecule has 1 atom stereocenters. The van der Waals surface area contributed by atoms with Crippen LogP contribution in [0.2, 0.25) is 0 Å². The number of piperidine rings is 1. The lowest BCUT2D eigenvalue weighted by Crippen LogP contribution is -2.49. The van der Waals surface area contributed by atoms with Crippen LogP contribution in [0.15, 0.2) is 0 Å². The number of alkyl halides is 2. The van der Waals surface area contributed by atoms with Gasteiger partial charge in [-0.1, -0.05) is 0 Å². The average molecular weight is 204 g/mol. The molecule has 0 radical (unpaired) electrons. The van der Waals surface area contributed by atoms with Crippen LogP contribution in [0.25, 0.3) is 0 Å². The van der Waals surface area contributed by atoms with Crippen molar-refractivity contribution in [2.45, 2.75) is 25.2 Å². The van der Waals surface area contributed by atoms with Gasteiger partial charge in [-0.05, 0) is 25.9 Å². The fourth-order valence-electron chi connectivity index (χ4n) is 2.36. The highest BCUT2D eigenvalue weighted by Crippen LogP contribution is 2.31. The van der Waals surface area contributed by atoms with Crippen LogP contribution in [0.4, 0.5) is 8.78 Å². The van der Waals surface area contributed by atoms with Gasteiger partial charge in [-0.15, -0.1) is 0 Å². The molecule has 0 aromatic rings. The predicted molar refractivity (Wildman–Crippen MR) is 51.6 cm³/mol. The molecule has 2 heterocycles. The van der Waals surface area contributed by atoms with E-state index in [0.717, 1.165) is 13.1 Å². The minimum atomic E-state index is -2.45. The molecule has 2 aliphatic heterocycles. The zero-order chi connectivity index (χ0) is 10.0. The number of nitrogens with one attached hydrogen (secondary N) is 1. The van der Waals surface area contributed by atoms with Crippen LogP contribution in [0.5, 0.6) is 0 Å². The van der Waals surface area contributed by atoms with Gasteiger partial charge < -0.3 is 10.2 Å². The molecule has 0 aromatic heterocycles. The van der Waals surface area contributed by atoms with Crippen molar-refractivity contribution >= 4 is 0 Å². The number of halogens is 2. The first-order valence-corrected chi connectivity index (χ1v) is 5.49. The van der Waals surface area contributed by atoms with Gasteiger partial charge in [0.05, 0.1) is 0 Å². The summed E-state index contributed by atoms with van der Waals surface area (Å²) in [6, 6.07) is 0. The summed E-state index contributed by atoms with van der Waals surface area (Å²) in [4.78, 5) is 2.17. The number of nitrogens with zero attached hydrogens (tertiary/aromatic N) is 1. The molecule has 2 rings (SSSR count). The SMILES string of the molecule is FC1(F)CCNCC1CN1CCCC1. The molecule has 0 spiro atoms. The largest absolute Gasteiger partial charge is 0.316 e. The van der Waals surface area contributed by atoms with Crippen molar-refractivity contribution in [2.24, 2.45) is 5.92 Å². The molecule has 0 saturated carbocycles. The standard InChI is InChI=1S/C10H18F2N2/c11-10(12)3-4-13-7-9(10)8-14-5-1-2-6-14/h9,13H,1-8H2. The van der Waals surface area contributed by atoms with Crippen molar-refractivity contribution < 1.29 is 8.78 Å². The summed E-state index contributed by atoms with van der Waals surface area (Å²) in [5.41, 5.74) is 0. The second-order valence-corrected chi connectivity index (χ2v) is 4.42. The lowest BCUT2D eigenvalue weighted by Gasteiger charge is -2.34. The lowest BCUT2D eigenvalue weighted by atomic mass is 9.94. The summed E-state index contributed by atoms with van der Waals surface area (Å²) in [6.45, 7) is 3.52. The van der Waals surface area contributed by atoms with E-state index in [0.29, 0.717) is 19.6 Å². The van der Waals surface area contributed by atoms with Crippen LogP contribution in [-0.4, -0.2) is 43.5 Å². The Balaban J connectivity index is 1.88. The maximum atomic E-state index is 13.5. The summed E-state index contributed by atoms with van der Waals surface area (Å²) >= 11 is 0. The molecule has 1 unspecified atom stereocenters. The molecule has 1 N–H and O–H groups in total. The number of hydrogen-bond acceptors (Lipinski definition) is 2. The van der Waals surface area contributed by atoms with Gasteiger partial charge in [-0.25, -0.2) is 8.78 Å². The summed E-state index contributed by atoms with van der Waals surface area (Å²) in [5, 5.41) is 3.06. The lowest BCUT2D eigenvalue weighted by molar-refractivity contribution is -0.0857. The molecule has 4 heteroatoms. The number of likely N-dealkylation sites (tertiary alicyclic amines) is 1. The first kappa shape index (κ1) is 10.3. The molecular formula is C10H18F2N2. The summed E-state index contributed by atoms with van der Waals surface area (Å²) in [7, 11) is 0. The molecule has 0 aromatic carbocycles. The molecular weight excluding hydrogens is 186 g/mol. The Kier molecular flexibility index (Phi) is 3.02. The monoisotopic (exact) mass is 204 g/mol. The van der Waals surface area contributed by atoms with Gasteiger partial charge in [-0.2, -0.15) is 0 Å². The Morgan fingerprint density at radius 1 is 1.29 bits per heavy atom. The average Bonchev–Trinajstić information content (AvgIpc) is 2.61. The van der Waals surface area contributed by atoms with Crippen molar-refractivity contribution in [1.82, 2.24) is 10.2 Å². The van der Waals surface area contributed by atoms with E-state index in [1.54, 1.807) is 0 Å². The molecule has 0 aliphatic carbocycles. The Bertz CT molecular complexity index is 191. The Labute approximate surface area is 83.7 Å². The van der Waals surface area contributed by atoms with E-state index >= 15 is 0 Å². The third-order valence-electron chi connectivity index (χ3n) is 3.30. The van der Waals surface area contributed by atoms with Gasteiger partial charge in [0.1, 0.15) is 0 Å². The fraction of sp³-hybridized carbons (Fsp3) is 1.00. The van der Waals surface area contributed by atoms with E-state index in [1.807, 2.05) is 0 Å². The normalized spacial score (nSPS) is 33.4. The van der Waals surface area contributed by atoms with Gasteiger partial charge in [-0.3, -0.25) is 0 Å². The predicted octanol–water partition coefficient (Wildman–Crippen LogP) is 1.33. The van der Waals surface area contributed by atoms with Gasteiger partial charge in [0.2, 0.25) is 0 Å². The third kappa shape index (κ3) is 2.23. The molecule has 0 amide bonds. The summed E-state index contributed by atoms with van der Waals surface area (Å²) < 4.78 is 26.9. The Morgan fingerprint density at radius 2 is 2.00 bits per heavy atom. The van der Waals surface area contributed by atoms with Crippen molar-refractivity contribution in [3.8, 4) is 0 Å². The molecule has 2 aliphatic rings. The fourth-order valence-corrected chi connectivity index (χ4v) is 2.36. The molecule has 14 heavy (non-hydrogen) atoms. The maximum absolute atomic E-state index is 13.5. The van der Waals surface area contributed by atoms with Gasteiger partial charge >= 0.3 is 0 Å². The molecule has 2 fully saturated rings. The number of rotatable bonds is 2. The minimum absolute atomic E-state index is 0.00546. The highest BCUT2D eigenvalue weighted by Gasteiger charge is 2.42. The van der Waals surface area contributed by atoms with Crippen molar-refractivity contribution in [2.75, 3.05) is 32.7 Å². The zero-order valence-electron chi connectivity index (χ0n) is 8.44. The van der Waals surface area contributed by atoms with Gasteiger partial charge in [0, 0.05) is 32.0 Å². The van der Waals surface area contributed by atoms with Crippen molar-refractivity contribution in [1.29, 1.82) is 0 Å². The third-order valence-corrected chi connectivity index (χ3v) is 3.30. The topological polar surface area (TPSA) is 15.3 Å². The first-order chi connectivity index (χ1) is 6.68. The van der Waals surface area contributed by atoms with E-state index in [-0.39, 0.29) is 6.42 Å². The van der Waals surface area contributed by atoms with E-state index in [4.69, 9.17) is 0 Å². The maximum Gasteiger partial charge on any atom is 0.254 e. The molecule has 2 nitrogen and oxygen atoms in total. The molecule has 2 saturated heterocycles. The first-order valence-electron chi connectivity index (χ1n) is 5.49. The molecule has 82 valence electrons. The van der Waals surface area contributed by atoms with Crippen LogP contribution in [0.1, 0.15) is 19.3 Å². The highest BCUT2D eigenvalue weighted by molar-refractivity contribution is 4.87. The second-order valence-electron chi connectivity index (χ2n) is 4.42. The zero-order valence-corrected chi connectivity index (χ0v) is 8.44. The Morgan fingerprint density at radius 3 is 2.64 bits per heavy atom. The molecule has 0 bridgehead atoms. The number of hydrogen-bond donors (Lipinski definition) is 1. The van der Waals surface area contributed by atoms with Gasteiger partial charge in [0.15, 0.2) is 0 Å². The van der Waals surface area contributed by atoms with E-state index in [9.17, 15) is 8.78 Å². The van der Waals surface area contributed by atoms with E-state index in [1.165, 1.54) is 12.8 Å². The Hall–Kier alpha value is -0.220. The van der Waals surface area contributed by atoms with E-state index in [2.05, 4.69) is 10.2 Å². The van der Waals surface area contributed by atoms with E-state index < -0.39 is 11.8 Å². The summed E-state index contributed by atoms with van der Waals surface area (Å²) in [5.74, 6) is -2.93. The highest BCUT2D eigenvalue weighted by atomic mass is 19.3. The van der Waals surface area contributed by atoms with Crippen molar-refractivity contribution in [3.63, 3.8) is 0 Å². The van der Waals surface area contributed by atoms with Crippen LogP contribution in [0, 0.1) is 5.92 Å². The van der Waals surface area contributed by atoms with Crippen LogP contribution < -0.4 is 5.32 Å². The van der Waals surface area contributed by atoms with Crippen LogP contribution >= 0.6 is 0 Å². The second kappa shape index (κ2) is 4.11. The van der Waals surface area contributed by atoms with Crippen molar-refractivity contribution in [3.05, 3.63) is 0 Å². The van der Waals surface area contributed by atoms with Crippen LogP contribution in [-0.2, 0) is 0 Å². The minimum Gasteiger partial charge on any atom is -0.316 e. The smallest absolute Gasteiger partial charge is 0.254 e. The summed E-state index contributed by atoms with van der Waals surface area (Å²) in [6.07, 6.45) is 2.35. The van der Waals surface area contributed by atoms with Gasteiger partial charge in [0.25, 0.3) is 5.92 Å².